The smallest absolute Gasteiger partial charge is 0.331 e. The lowest BCUT2D eigenvalue weighted by molar-refractivity contribution is -0.140. The van der Waals surface area contributed by atoms with Gasteiger partial charge in [-0.05, 0) is 56.3 Å². The molecule has 0 spiro atoms. The van der Waals surface area contributed by atoms with Crippen molar-refractivity contribution in [3.05, 3.63) is 48.0 Å². The predicted molar refractivity (Wildman–Crippen MR) is 115 cm³/mol. The Bertz CT molecular complexity index is 1050. The third-order valence-corrected chi connectivity index (χ3v) is 5.97. The second-order valence-electron chi connectivity index (χ2n) is 6.85. The Balaban J connectivity index is 1.96. The molecule has 154 valence electrons. The normalized spacial score (nSPS) is 14.8. The molecule has 0 saturated carbocycles. The summed E-state index contributed by atoms with van der Waals surface area (Å²) in [6.07, 6.45) is 1.20. The Labute approximate surface area is 171 Å². The minimum atomic E-state index is -3.23. The summed E-state index contributed by atoms with van der Waals surface area (Å²) in [5.41, 5.74) is 4.60. The van der Waals surface area contributed by atoms with E-state index in [2.05, 4.69) is 27.9 Å². The number of anilines is 3. The highest BCUT2D eigenvalue weighted by Gasteiger charge is 2.26. The maximum absolute atomic E-state index is 11.7. The van der Waals surface area contributed by atoms with Gasteiger partial charge in [0.05, 0.1) is 11.4 Å². The average molecular weight is 416 g/mol. The van der Waals surface area contributed by atoms with E-state index in [-0.39, 0.29) is 0 Å². The van der Waals surface area contributed by atoms with Gasteiger partial charge in [0.1, 0.15) is 5.71 Å². The number of likely N-dealkylation sites (N-methyl/N-ethyl adjacent to an activating group) is 1. The molecule has 0 atom stereocenters. The van der Waals surface area contributed by atoms with Crippen LogP contribution in [0.15, 0.2) is 52.5 Å². The summed E-state index contributed by atoms with van der Waals surface area (Å²) in [7, 11) is -3.23. The molecular formula is C21H25N3O4S. The molecular weight excluding hydrogens is 390 g/mol. The summed E-state index contributed by atoms with van der Waals surface area (Å²) >= 11 is 0. The summed E-state index contributed by atoms with van der Waals surface area (Å²) in [6, 6.07) is 13.0. The topological polar surface area (TPSA) is 79.3 Å². The van der Waals surface area contributed by atoms with Gasteiger partial charge in [0.2, 0.25) is 0 Å². The van der Waals surface area contributed by atoms with Crippen molar-refractivity contribution in [3.63, 3.8) is 0 Å². The van der Waals surface area contributed by atoms with E-state index in [4.69, 9.17) is 4.84 Å². The van der Waals surface area contributed by atoms with Crippen LogP contribution in [-0.2, 0) is 19.5 Å². The molecule has 0 radical (unpaired) electrons. The van der Waals surface area contributed by atoms with Crippen molar-refractivity contribution in [1.29, 1.82) is 0 Å². The zero-order valence-corrected chi connectivity index (χ0v) is 17.9. The van der Waals surface area contributed by atoms with Crippen LogP contribution >= 0.6 is 0 Å². The van der Waals surface area contributed by atoms with Crippen molar-refractivity contribution in [2.45, 2.75) is 25.7 Å². The van der Waals surface area contributed by atoms with Gasteiger partial charge in [0.15, 0.2) is 9.84 Å². The number of carbonyl (C=O) groups is 1. The standard InChI is InChI=1S/C21H25N3O4S/c1-5-23-14-20(22-28-15(3)25)19-12-9-17(13-21(19)23)24(6-2)16-7-10-18(11-8-16)29(4,26)27/h7-13H,5-6,14H2,1-4H3/b22-20-. The van der Waals surface area contributed by atoms with Crippen molar-refractivity contribution in [1.82, 2.24) is 0 Å². The van der Waals surface area contributed by atoms with Gasteiger partial charge >= 0.3 is 5.97 Å². The third-order valence-electron chi connectivity index (χ3n) is 4.84. The van der Waals surface area contributed by atoms with Crippen LogP contribution in [0.1, 0.15) is 26.3 Å². The number of rotatable bonds is 6. The summed E-state index contributed by atoms with van der Waals surface area (Å²) in [4.78, 5) is 20.5. The van der Waals surface area contributed by atoms with Crippen LogP contribution in [0.5, 0.6) is 0 Å². The average Bonchev–Trinajstić information content (AvgIpc) is 3.04. The zero-order valence-electron chi connectivity index (χ0n) is 17.0. The molecule has 0 unspecified atom stereocenters. The minimum absolute atomic E-state index is 0.301. The molecule has 3 rings (SSSR count). The molecule has 0 aromatic heterocycles. The molecule has 0 amide bonds. The van der Waals surface area contributed by atoms with E-state index < -0.39 is 15.8 Å². The Morgan fingerprint density at radius 1 is 1.14 bits per heavy atom. The number of hydrogen-bond acceptors (Lipinski definition) is 7. The minimum Gasteiger partial charge on any atom is -0.365 e. The largest absolute Gasteiger partial charge is 0.365 e. The van der Waals surface area contributed by atoms with Crippen molar-refractivity contribution in [3.8, 4) is 0 Å². The Morgan fingerprint density at radius 3 is 2.34 bits per heavy atom. The van der Waals surface area contributed by atoms with Crippen LogP contribution in [0.25, 0.3) is 0 Å². The van der Waals surface area contributed by atoms with E-state index in [1.54, 1.807) is 12.1 Å². The molecule has 0 saturated heterocycles. The van der Waals surface area contributed by atoms with Gasteiger partial charge in [-0.2, -0.15) is 0 Å². The quantitative estimate of drug-likeness (QED) is 0.532. The lowest BCUT2D eigenvalue weighted by Crippen LogP contribution is -2.22. The highest BCUT2D eigenvalue weighted by Crippen LogP contribution is 2.35. The molecule has 1 heterocycles. The van der Waals surface area contributed by atoms with Gasteiger partial charge in [-0.15, -0.1) is 0 Å². The number of carbonyl (C=O) groups excluding carboxylic acids is 1. The maximum Gasteiger partial charge on any atom is 0.331 e. The van der Waals surface area contributed by atoms with Crippen LogP contribution in [0.3, 0.4) is 0 Å². The molecule has 0 bridgehead atoms. The molecule has 2 aromatic carbocycles. The van der Waals surface area contributed by atoms with E-state index in [1.807, 2.05) is 31.2 Å². The SMILES string of the molecule is CCN1C/C(=N/OC(C)=O)c2ccc(N(CC)c3ccc(S(C)(=O)=O)cc3)cc21. The third kappa shape index (κ3) is 4.42. The number of hydrogen-bond donors (Lipinski definition) is 0. The first kappa shape index (κ1) is 20.9. The van der Waals surface area contributed by atoms with E-state index >= 15 is 0 Å². The summed E-state index contributed by atoms with van der Waals surface area (Å²) in [6.45, 7) is 7.53. The first-order chi connectivity index (χ1) is 13.7. The number of oxime groups is 1. The number of sulfone groups is 1. The number of benzene rings is 2. The molecule has 8 heteroatoms. The predicted octanol–water partition coefficient (Wildman–Crippen LogP) is 3.36. The molecule has 0 aliphatic carbocycles. The van der Waals surface area contributed by atoms with E-state index in [9.17, 15) is 13.2 Å². The van der Waals surface area contributed by atoms with Crippen molar-refractivity contribution in [2.24, 2.45) is 5.16 Å². The summed E-state index contributed by atoms with van der Waals surface area (Å²) in [5.74, 6) is -0.444. The van der Waals surface area contributed by atoms with Gasteiger partial charge in [-0.3, -0.25) is 0 Å². The number of fused-ring (bicyclic) bond motifs is 1. The van der Waals surface area contributed by atoms with Crippen molar-refractivity contribution >= 4 is 38.6 Å². The van der Waals surface area contributed by atoms with E-state index in [0.717, 1.165) is 41.4 Å². The Hall–Kier alpha value is -2.87. The Kier molecular flexibility index (Phi) is 5.93. The highest BCUT2D eigenvalue weighted by molar-refractivity contribution is 7.90. The van der Waals surface area contributed by atoms with Crippen LogP contribution in [0.4, 0.5) is 17.1 Å². The van der Waals surface area contributed by atoms with Gasteiger partial charge < -0.3 is 14.6 Å². The zero-order chi connectivity index (χ0) is 21.2. The maximum atomic E-state index is 11.7. The second kappa shape index (κ2) is 8.24. The first-order valence-electron chi connectivity index (χ1n) is 9.46. The molecule has 2 aromatic rings. The summed E-state index contributed by atoms with van der Waals surface area (Å²) in [5, 5.41) is 4.00. The van der Waals surface area contributed by atoms with Gasteiger partial charge in [0, 0.05) is 48.9 Å². The van der Waals surface area contributed by atoms with E-state index in [0.29, 0.717) is 11.4 Å². The molecule has 0 N–H and O–H groups in total. The van der Waals surface area contributed by atoms with Crippen LogP contribution in [0.2, 0.25) is 0 Å². The van der Waals surface area contributed by atoms with Crippen molar-refractivity contribution < 1.29 is 18.0 Å². The van der Waals surface area contributed by atoms with Gasteiger partial charge in [-0.25, -0.2) is 13.2 Å². The molecule has 7 nitrogen and oxygen atoms in total. The lowest BCUT2D eigenvalue weighted by atomic mass is 10.1. The molecule has 0 fully saturated rings. The lowest BCUT2D eigenvalue weighted by Gasteiger charge is -2.25. The molecule has 1 aliphatic rings. The number of nitrogens with zero attached hydrogens (tertiary/aromatic N) is 3. The van der Waals surface area contributed by atoms with Crippen LogP contribution in [0, 0.1) is 0 Å². The Morgan fingerprint density at radius 2 is 1.79 bits per heavy atom. The highest BCUT2D eigenvalue weighted by atomic mass is 32.2. The fourth-order valence-corrected chi connectivity index (χ4v) is 4.04. The van der Waals surface area contributed by atoms with E-state index in [1.165, 1.54) is 13.2 Å². The fraction of sp³-hybridized carbons (Fsp3) is 0.333. The summed E-state index contributed by atoms with van der Waals surface area (Å²) < 4.78 is 23.4. The van der Waals surface area contributed by atoms with Gasteiger partial charge in [0.25, 0.3) is 0 Å². The van der Waals surface area contributed by atoms with Crippen molar-refractivity contribution in [2.75, 3.05) is 35.7 Å². The van der Waals surface area contributed by atoms with Crippen LogP contribution in [-0.4, -0.2) is 46.0 Å². The van der Waals surface area contributed by atoms with Crippen LogP contribution < -0.4 is 9.80 Å². The molecule has 29 heavy (non-hydrogen) atoms. The monoisotopic (exact) mass is 415 g/mol. The van der Waals surface area contributed by atoms with Gasteiger partial charge in [-0.1, -0.05) is 5.16 Å². The fourth-order valence-electron chi connectivity index (χ4n) is 3.41. The first-order valence-corrected chi connectivity index (χ1v) is 11.3. The second-order valence-corrected chi connectivity index (χ2v) is 8.86. The molecule has 1 aliphatic heterocycles.